The number of nitrogens with one attached hydrogen (secondary N) is 1. The Hall–Kier alpha value is -2.08. The first-order valence-electron chi connectivity index (χ1n) is 6.47. The molecule has 0 saturated heterocycles. The molecule has 2 aromatic rings. The Morgan fingerprint density at radius 2 is 2.19 bits per heavy atom. The van der Waals surface area contributed by atoms with Crippen molar-refractivity contribution < 1.29 is 14.7 Å². The summed E-state index contributed by atoms with van der Waals surface area (Å²) in [4.78, 5) is 26.2. The molecule has 0 fully saturated rings. The summed E-state index contributed by atoms with van der Waals surface area (Å²) in [5, 5.41) is 12.5. The minimum absolute atomic E-state index is 0.333. The van der Waals surface area contributed by atoms with E-state index in [4.69, 9.17) is 5.11 Å². The van der Waals surface area contributed by atoms with E-state index < -0.39 is 12.0 Å². The first-order chi connectivity index (χ1) is 10.1. The van der Waals surface area contributed by atoms with Gasteiger partial charge in [0.05, 0.1) is 5.52 Å². The zero-order chi connectivity index (χ0) is 15.2. The van der Waals surface area contributed by atoms with Crippen molar-refractivity contribution in [1.29, 1.82) is 0 Å². The Morgan fingerprint density at radius 3 is 2.90 bits per heavy atom. The average molecular weight is 304 g/mol. The van der Waals surface area contributed by atoms with Gasteiger partial charge >= 0.3 is 5.97 Å². The average Bonchev–Trinajstić information content (AvgIpc) is 2.45. The van der Waals surface area contributed by atoms with Crippen molar-refractivity contribution in [3.63, 3.8) is 0 Å². The Kier molecular flexibility index (Phi) is 5.16. The smallest absolute Gasteiger partial charge is 0.327 e. The van der Waals surface area contributed by atoms with Gasteiger partial charge in [0.2, 0.25) is 5.91 Å². The fourth-order valence-electron chi connectivity index (χ4n) is 1.93. The first-order valence-corrected chi connectivity index (χ1v) is 7.63. The van der Waals surface area contributed by atoms with Gasteiger partial charge in [-0.05, 0) is 23.8 Å². The van der Waals surface area contributed by atoms with Crippen molar-refractivity contribution >= 4 is 34.5 Å². The molecule has 5 nitrogen and oxygen atoms in total. The standard InChI is InChI=1S/C15H16N2O3S/c1-10(18)17-14(15(19)20)9-21-8-11-4-5-13-12(7-11)3-2-6-16-13/h2-7,14H,8-9H2,1H3,(H,17,18)(H,19,20)/t14-/m0/s1. The number of carboxylic acid groups (broad SMARTS) is 1. The highest BCUT2D eigenvalue weighted by Crippen LogP contribution is 2.18. The molecule has 0 spiro atoms. The van der Waals surface area contributed by atoms with E-state index in [2.05, 4.69) is 10.3 Å². The number of carbonyl (C=O) groups excluding carboxylic acids is 1. The van der Waals surface area contributed by atoms with Crippen LogP contribution in [0.1, 0.15) is 12.5 Å². The maximum atomic E-state index is 11.0. The molecule has 110 valence electrons. The summed E-state index contributed by atoms with van der Waals surface area (Å²) in [6.45, 7) is 1.32. The van der Waals surface area contributed by atoms with Gasteiger partial charge in [-0.1, -0.05) is 12.1 Å². The van der Waals surface area contributed by atoms with Crippen molar-refractivity contribution in [3.05, 3.63) is 42.1 Å². The van der Waals surface area contributed by atoms with E-state index in [-0.39, 0.29) is 5.91 Å². The number of hydrogen-bond donors (Lipinski definition) is 2. The summed E-state index contributed by atoms with van der Waals surface area (Å²) in [6, 6.07) is 9.01. The normalized spacial score (nSPS) is 12.0. The van der Waals surface area contributed by atoms with Gasteiger partial charge in [0.15, 0.2) is 0 Å². The second-order valence-corrected chi connectivity index (χ2v) is 5.67. The first kappa shape index (κ1) is 15.3. The number of thioether (sulfide) groups is 1. The number of hydrogen-bond acceptors (Lipinski definition) is 4. The van der Waals surface area contributed by atoms with Crippen LogP contribution in [0.25, 0.3) is 10.9 Å². The Labute approximate surface area is 126 Å². The molecular weight excluding hydrogens is 288 g/mol. The predicted molar refractivity (Wildman–Crippen MR) is 83.1 cm³/mol. The maximum absolute atomic E-state index is 11.0. The zero-order valence-electron chi connectivity index (χ0n) is 11.6. The third-order valence-electron chi connectivity index (χ3n) is 2.90. The number of aromatic nitrogens is 1. The number of aliphatic carboxylic acids is 1. The van der Waals surface area contributed by atoms with Crippen LogP contribution < -0.4 is 5.32 Å². The van der Waals surface area contributed by atoms with Crippen LogP contribution in [0.3, 0.4) is 0 Å². The number of carbonyl (C=O) groups is 2. The van der Waals surface area contributed by atoms with Crippen LogP contribution in [0.5, 0.6) is 0 Å². The van der Waals surface area contributed by atoms with Gasteiger partial charge in [-0.3, -0.25) is 9.78 Å². The van der Waals surface area contributed by atoms with Crippen LogP contribution in [0.15, 0.2) is 36.5 Å². The van der Waals surface area contributed by atoms with E-state index in [0.717, 1.165) is 16.5 Å². The molecule has 1 aromatic heterocycles. The second-order valence-electron chi connectivity index (χ2n) is 4.64. The number of rotatable bonds is 6. The lowest BCUT2D eigenvalue weighted by Crippen LogP contribution is -2.41. The lowest BCUT2D eigenvalue weighted by molar-refractivity contribution is -0.140. The number of nitrogens with zero attached hydrogens (tertiary/aromatic N) is 1. The van der Waals surface area contributed by atoms with Crippen molar-refractivity contribution in [3.8, 4) is 0 Å². The zero-order valence-corrected chi connectivity index (χ0v) is 12.4. The minimum Gasteiger partial charge on any atom is -0.480 e. The summed E-state index contributed by atoms with van der Waals surface area (Å²) in [5.74, 6) is -0.325. The Morgan fingerprint density at radius 1 is 1.38 bits per heavy atom. The molecule has 1 amide bonds. The maximum Gasteiger partial charge on any atom is 0.327 e. The fourth-order valence-corrected chi connectivity index (χ4v) is 2.92. The predicted octanol–water partition coefficient (Wildman–Crippen LogP) is 2.06. The lowest BCUT2D eigenvalue weighted by Gasteiger charge is -2.12. The number of fused-ring (bicyclic) bond motifs is 1. The topological polar surface area (TPSA) is 79.3 Å². The largest absolute Gasteiger partial charge is 0.480 e. The van der Waals surface area contributed by atoms with Crippen molar-refractivity contribution in [2.75, 3.05) is 5.75 Å². The van der Waals surface area contributed by atoms with E-state index in [1.165, 1.54) is 18.7 Å². The fraction of sp³-hybridized carbons (Fsp3) is 0.267. The van der Waals surface area contributed by atoms with E-state index in [0.29, 0.717) is 11.5 Å². The second kappa shape index (κ2) is 7.08. The Balaban J connectivity index is 1.94. The summed E-state index contributed by atoms with van der Waals surface area (Å²) in [7, 11) is 0. The molecule has 0 aliphatic rings. The number of amides is 1. The molecule has 0 bridgehead atoms. The summed E-state index contributed by atoms with van der Waals surface area (Å²) in [6.07, 6.45) is 1.75. The van der Waals surface area contributed by atoms with Gasteiger partial charge < -0.3 is 10.4 Å². The Bertz CT molecular complexity index is 660. The van der Waals surface area contributed by atoms with Crippen LogP contribution in [0.2, 0.25) is 0 Å². The SMILES string of the molecule is CC(=O)N[C@@H](CSCc1ccc2ncccc2c1)C(=O)O. The highest BCUT2D eigenvalue weighted by molar-refractivity contribution is 7.98. The van der Waals surface area contributed by atoms with Crippen LogP contribution in [-0.4, -0.2) is 33.8 Å². The molecule has 1 heterocycles. The van der Waals surface area contributed by atoms with Gasteiger partial charge in [-0.15, -0.1) is 0 Å². The van der Waals surface area contributed by atoms with Crippen LogP contribution >= 0.6 is 11.8 Å². The van der Waals surface area contributed by atoms with E-state index in [1.54, 1.807) is 6.20 Å². The van der Waals surface area contributed by atoms with Crippen molar-refractivity contribution in [1.82, 2.24) is 10.3 Å². The third kappa shape index (κ3) is 4.46. The highest BCUT2D eigenvalue weighted by Gasteiger charge is 2.17. The number of pyridine rings is 1. The summed E-state index contributed by atoms with van der Waals surface area (Å²) in [5.41, 5.74) is 2.04. The van der Waals surface area contributed by atoms with Gasteiger partial charge in [0.25, 0.3) is 0 Å². The minimum atomic E-state index is -1.01. The molecule has 2 N–H and O–H groups in total. The van der Waals surface area contributed by atoms with E-state index in [9.17, 15) is 9.59 Å². The highest BCUT2D eigenvalue weighted by atomic mass is 32.2. The molecular formula is C15H16N2O3S. The summed E-state index contributed by atoms with van der Waals surface area (Å²) < 4.78 is 0. The third-order valence-corrected chi connectivity index (χ3v) is 4.00. The van der Waals surface area contributed by atoms with Gasteiger partial charge in [0, 0.05) is 30.0 Å². The van der Waals surface area contributed by atoms with Crippen molar-refractivity contribution in [2.24, 2.45) is 0 Å². The van der Waals surface area contributed by atoms with E-state index >= 15 is 0 Å². The molecule has 0 aliphatic carbocycles. The van der Waals surface area contributed by atoms with Crippen LogP contribution in [0, 0.1) is 0 Å². The monoisotopic (exact) mass is 304 g/mol. The summed E-state index contributed by atoms with van der Waals surface area (Å²) >= 11 is 1.48. The molecule has 0 saturated carbocycles. The van der Waals surface area contributed by atoms with Crippen molar-refractivity contribution in [2.45, 2.75) is 18.7 Å². The number of benzene rings is 1. The lowest BCUT2D eigenvalue weighted by atomic mass is 10.1. The number of carboxylic acids is 1. The van der Waals surface area contributed by atoms with Crippen LogP contribution in [-0.2, 0) is 15.3 Å². The van der Waals surface area contributed by atoms with Gasteiger partial charge in [-0.2, -0.15) is 11.8 Å². The quantitative estimate of drug-likeness (QED) is 0.854. The van der Waals surface area contributed by atoms with Gasteiger partial charge in [-0.25, -0.2) is 4.79 Å². The molecule has 0 aliphatic heterocycles. The molecule has 0 unspecified atom stereocenters. The molecule has 21 heavy (non-hydrogen) atoms. The van der Waals surface area contributed by atoms with E-state index in [1.807, 2.05) is 30.3 Å². The molecule has 6 heteroatoms. The molecule has 0 radical (unpaired) electrons. The molecule has 1 aromatic carbocycles. The van der Waals surface area contributed by atoms with Gasteiger partial charge in [0.1, 0.15) is 6.04 Å². The van der Waals surface area contributed by atoms with Crippen LogP contribution in [0.4, 0.5) is 0 Å². The molecule has 1 atom stereocenters. The molecule has 2 rings (SSSR count).